The van der Waals surface area contributed by atoms with Crippen LogP contribution in [0.3, 0.4) is 0 Å². The van der Waals surface area contributed by atoms with E-state index < -0.39 is 0 Å². The van der Waals surface area contributed by atoms with Gasteiger partial charge in [0.25, 0.3) is 0 Å². The van der Waals surface area contributed by atoms with Gasteiger partial charge in [-0.3, -0.25) is 4.79 Å². The van der Waals surface area contributed by atoms with Gasteiger partial charge >= 0.3 is 0 Å². The first-order valence-electron chi connectivity index (χ1n) is 8.43. The van der Waals surface area contributed by atoms with Crippen LogP contribution in [0.25, 0.3) is 11.0 Å². The molecule has 7 nitrogen and oxygen atoms in total. The predicted molar refractivity (Wildman–Crippen MR) is 98.2 cm³/mol. The standard InChI is InChI=1S/C19H22N4O3/c1-4-22(12-14-9-10-17(25-2)18(11-14)26-3)19(24)13-23-16-8-6-5-7-15(16)20-21-23/h5-11H,4,12-13H2,1-3H3. The molecule has 0 aliphatic rings. The topological polar surface area (TPSA) is 69.5 Å². The number of methoxy groups -OCH3 is 2. The van der Waals surface area contributed by atoms with Gasteiger partial charge in [-0.2, -0.15) is 0 Å². The molecule has 136 valence electrons. The third-order valence-corrected chi connectivity index (χ3v) is 4.26. The second kappa shape index (κ2) is 7.86. The third-order valence-electron chi connectivity index (χ3n) is 4.26. The van der Waals surface area contributed by atoms with Gasteiger partial charge < -0.3 is 14.4 Å². The molecule has 0 fully saturated rings. The molecule has 0 bridgehead atoms. The molecule has 0 saturated carbocycles. The van der Waals surface area contributed by atoms with E-state index in [-0.39, 0.29) is 12.5 Å². The number of aromatic nitrogens is 3. The largest absolute Gasteiger partial charge is 0.493 e. The molecule has 2 aromatic carbocycles. The van der Waals surface area contributed by atoms with Crippen LogP contribution in [0.2, 0.25) is 0 Å². The average molecular weight is 354 g/mol. The number of benzene rings is 2. The minimum absolute atomic E-state index is 0.0158. The fraction of sp³-hybridized carbons (Fsp3) is 0.316. The fourth-order valence-corrected chi connectivity index (χ4v) is 2.84. The Morgan fingerprint density at radius 2 is 1.88 bits per heavy atom. The second-order valence-corrected chi connectivity index (χ2v) is 5.83. The van der Waals surface area contributed by atoms with Crippen LogP contribution in [0.5, 0.6) is 11.5 Å². The van der Waals surface area contributed by atoms with Gasteiger partial charge in [-0.1, -0.05) is 23.4 Å². The number of likely N-dealkylation sites (N-methyl/N-ethyl adjacent to an activating group) is 1. The van der Waals surface area contributed by atoms with Gasteiger partial charge in [-0.15, -0.1) is 5.10 Å². The summed E-state index contributed by atoms with van der Waals surface area (Å²) in [5.74, 6) is 1.30. The van der Waals surface area contributed by atoms with Crippen LogP contribution in [0, 0.1) is 0 Å². The van der Waals surface area contributed by atoms with Crippen molar-refractivity contribution in [1.82, 2.24) is 19.9 Å². The van der Waals surface area contributed by atoms with Gasteiger partial charge in [0.15, 0.2) is 11.5 Å². The second-order valence-electron chi connectivity index (χ2n) is 5.83. The summed E-state index contributed by atoms with van der Waals surface area (Å²) >= 11 is 0. The van der Waals surface area contributed by atoms with Gasteiger partial charge in [-0.05, 0) is 36.8 Å². The number of carbonyl (C=O) groups excluding carboxylic acids is 1. The molecule has 3 rings (SSSR count). The number of fused-ring (bicyclic) bond motifs is 1. The number of carbonyl (C=O) groups is 1. The minimum atomic E-state index is -0.0158. The number of nitrogens with zero attached hydrogens (tertiary/aromatic N) is 4. The maximum Gasteiger partial charge on any atom is 0.244 e. The Morgan fingerprint density at radius 1 is 1.12 bits per heavy atom. The molecule has 0 atom stereocenters. The zero-order valence-electron chi connectivity index (χ0n) is 15.2. The molecule has 7 heteroatoms. The number of hydrogen-bond donors (Lipinski definition) is 0. The Bertz CT molecular complexity index is 907. The van der Waals surface area contributed by atoms with Crippen LogP contribution >= 0.6 is 0 Å². The molecule has 26 heavy (non-hydrogen) atoms. The van der Waals surface area contributed by atoms with E-state index in [0.717, 1.165) is 16.6 Å². The monoisotopic (exact) mass is 354 g/mol. The molecule has 0 radical (unpaired) electrons. The van der Waals surface area contributed by atoms with E-state index >= 15 is 0 Å². The van der Waals surface area contributed by atoms with E-state index in [1.807, 2.05) is 49.4 Å². The van der Waals surface area contributed by atoms with Crippen molar-refractivity contribution < 1.29 is 14.3 Å². The van der Waals surface area contributed by atoms with Gasteiger partial charge in [0.1, 0.15) is 12.1 Å². The van der Waals surface area contributed by atoms with Crippen LogP contribution in [0.4, 0.5) is 0 Å². The number of hydrogen-bond acceptors (Lipinski definition) is 5. The normalized spacial score (nSPS) is 10.7. The molecule has 0 aliphatic carbocycles. The highest BCUT2D eigenvalue weighted by Crippen LogP contribution is 2.28. The number of para-hydroxylation sites is 1. The summed E-state index contributed by atoms with van der Waals surface area (Å²) in [4.78, 5) is 14.5. The minimum Gasteiger partial charge on any atom is -0.493 e. The molecular formula is C19H22N4O3. The lowest BCUT2D eigenvalue weighted by atomic mass is 10.2. The Balaban J connectivity index is 1.75. The maximum atomic E-state index is 12.7. The van der Waals surface area contributed by atoms with Gasteiger partial charge in [0.05, 0.1) is 19.7 Å². The summed E-state index contributed by atoms with van der Waals surface area (Å²) in [6.45, 7) is 3.20. The maximum absolute atomic E-state index is 12.7. The lowest BCUT2D eigenvalue weighted by Gasteiger charge is -2.21. The molecule has 0 unspecified atom stereocenters. The lowest BCUT2D eigenvalue weighted by Crippen LogP contribution is -2.33. The van der Waals surface area contributed by atoms with Crippen LogP contribution < -0.4 is 9.47 Å². The summed E-state index contributed by atoms with van der Waals surface area (Å²) in [6, 6.07) is 13.3. The van der Waals surface area contributed by atoms with Crippen molar-refractivity contribution >= 4 is 16.9 Å². The van der Waals surface area contributed by atoms with E-state index in [4.69, 9.17) is 9.47 Å². The zero-order valence-corrected chi connectivity index (χ0v) is 15.2. The Kier molecular flexibility index (Phi) is 5.36. The highest BCUT2D eigenvalue weighted by atomic mass is 16.5. The van der Waals surface area contributed by atoms with E-state index in [1.165, 1.54) is 0 Å². The van der Waals surface area contributed by atoms with Crippen molar-refractivity contribution in [1.29, 1.82) is 0 Å². The van der Waals surface area contributed by atoms with Gasteiger partial charge in [0.2, 0.25) is 5.91 Å². The molecule has 1 amide bonds. The smallest absolute Gasteiger partial charge is 0.244 e. The van der Waals surface area contributed by atoms with Gasteiger partial charge in [-0.25, -0.2) is 4.68 Å². The van der Waals surface area contributed by atoms with E-state index in [2.05, 4.69) is 10.3 Å². The molecule has 3 aromatic rings. The molecule has 1 heterocycles. The van der Waals surface area contributed by atoms with Crippen molar-refractivity contribution in [3.8, 4) is 11.5 Å². The Labute approximate surface area is 152 Å². The van der Waals surface area contributed by atoms with E-state index in [0.29, 0.717) is 24.6 Å². The van der Waals surface area contributed by atoms with Gasteiger partial charge in [0, 0.05) is 13.1 Å². The Morgan fingerprint density at radius 3 is 2.62 bits per heavy atom. The van der Waals surface area contributed by atoms with E-state index in [9.17, 15) is 4.79 Å². The van der Waals surface area contributed by atoms with Crippen molar-refractivity contribution in [2.24, 2.45) is 0 Å². The summed E-state index contributed by atoms with van der Waals surface area (Å²) in [7, 11) is 3.20. The SMILES string of the molecule is CCN(Cc1ccc(OC)c(OC)c1)C(=O)Cn1nnc2ccccc21. The summed E-state index contributed by atoms with van der Waals surface area (Å²) in [6.07, 6.45) is 0. The number of rotatable bonds is 7. The predicted octanol–water partition coefficient (Wildman–Crippen LogP) is 2.50. The summed E-state index contributed by atoms with van der Waals surface area (Å²) < 4.78 is 12.2. The highest BCUT2D eigenvalue weighted by Gasteiger charge is 2.16. The van der Waals surface area contributed by atoms with Crippen LogP contribution in [0.1, 0.15) is 12.5 Å². The highest BCUT2D eigenvalue weighted by molar-refractivity contribution is 5.79. The molecular weight excluding hydrogens is 332 g/mol. The first-order valence-corrected chi connectivity index (χ1v) is 8.43. The quantitative estimate of drug-likeness (QED) is 0.652. The zero-order chi connectivity index (χ0) is 18.5. The third kappa shape index (κ3) is 3.61. The summed E-state index contributed by atoms with van der Waals surface area (Å²) in [5.41, 5.74) is 2.60. The Hall–Kier alpha value is -3.09. The lowest BCUT2D eigenvalue weighted by molar-refractivity contribution is -0.132. The van der Waals surface area contributed by atoms with Crippen molar-refractivity contribution in [2.75, 3.05) is 20.8 Å². The fourth-order valence-electron chi connectivity index (χ4n) is 2.84. The summed E-state index contributed by atoms with van der Waals surface area (Å²) in [5, 5.41) is 8.19. The molecule has 0 saturated heterocycles. The van der Waals surface area contributed by atoms with Crippen molar-refractivity contribution in [3.63, 3.8) is 0 Å². The molecule has 1 aromatic heterocycles. The molecule has 0 N–H and O–H groups in total. The van der Waals surface area contributed by atoms with Crippen LogP contribution in [-0.4, -0.2) is 46.6 Å². The van der Waals surface area contributed by atoms with Crippen LogP contribution in [-0.2, 0) is 17.9 Å². The number of ether oxygens (including phenoxy) is 2. The molecule has 0 spiro atoms. The van der Waals surface area contributed by atoms with Crippen LogP contribution in [0.15, 0.2) is 42.5 Å². The first kappa shape index (κ1) is 17.7. The van der Waals surface area contributed by atoms with E-state index in [1.54, 1.807) is 23.8 Å². The first-order chi connectivity index (χ1) is 12.7. The van der Waals surface area contributed by atoms with Crippen molar-refractivity contribution in [2.45, 2.75) is 20.0 Å². The van der Waals surface area contributed by atoms with Crippen molar-refractivity contribution in [3.05, 3.63) is 48.0 Å². The molecule has 0 aliphatic heterocycles. The number of amides is 1. The average Bonchev–Trinajstić information content (AvgIpc) is 3.08.